The molecule has 1 unspecified atom stereocenters. The molecule has 3 N–H and O–H groups in total. The van der Waals surface area contributed by atoms with Crippen LogP contribution in [-0.2, 0) is 14.3 Å². The summed E-state index contributed by atoms with van der Waals surface area (Å²) in [6.07, 6.45) is 2.28. The minimum atomic E-state index is -0.916. The van der Waals surface area contributed by atoms with Crippen LogP contribution in [0.25, 0.3) is 0 Å². The molecule has 0 aromatic carbocycles. The van der Waals surface area contributed by atoms with E-state index in [1.807, 2.05) is 6.92 Å². The number of ether oxygens (including phenoxy) is 1. The highest BCUT2D eigenvalue weighted by molar-refractivity contribution is 5.77. The highest BCUT2D eigenvalue weighted by atomic mass is 16.5. The number of piperidine rings is 1. The molecule has 102 valence electrons. The molecule has 0 amide bonds. The number of carbonyl (C=O) groups is 2. The molecule has 0 spiro atoms. The van der Waals surface area contributed by atoms with E-state index in [9.17, 15) is 9.59 Å². The van der Waals surface area contributed by atoms with Crippen LogP contribution in [0, 0.1) is 5.92 Å². The van der Waals surface area contributed by atoms with Crippen molar-refractivity contribution in [3.63, 3.8) is 0 Å². The molecular weight excluding hydrogens is 236 g/mol. The number of nitrogens with one attached hydrogen (secondary N) is 2. The highest BCUT2D eigenvalue weighted by Gasteiger charge is 2.41. The lowest BCUT2D eigenvalue weighted by atomic mass is 10.0. The minimum absolute atomic E-state index is 0.112. The molecule has 2 saturated heterocycles. The van der Waals surface area contributed by atoms with E-state index in [2.05, 4.69) is 10.6 Å². The molecule has 0 aromatic rings. The van der Waals surface area contributed by atoms with Gasteiger partial charge in [-0.2, -0.15) is 0 Å². The summed E-state index contributed by atoms with van der Waals surface area (Å²) in [6, 6.07) is -0.389. The molecule has 4 atom stereocenters. The van der Waals surface area contributed by atoms with Gasteiger partial charge in [-0.25, -0.2) is 0 Å². The molecule has 6 nitrogen and oxygen atoms in total. The molecule has 0 saturated carbocycles. The Bertz CT molecular complexity index is 328. The van der Waals surface area contributed by atoms with Crippen LogP contribution in [-0.4, -0.2) is 48.3 Å². The predicted octanol–water partition coefficient (Wildman–Crippen LogP) is -0.267. The summed E-state index contributed by atoms with van der Waals surface area (Å²) in [5.41, 5.74) is 0. The van der Waals surface area contributed by atoms with E-state index in [0.717, 1.165) is 25.8 Å². The van der Waals surface area contributed by atoms with Crippen LogP contribution in [0.1, 0.15) is 26.2 Å². The first-order valence-corrected chi connectivity index (χ1v) is 6.49. The predicted molar refractivity (Wildman–Crippen MR) is 64.1 cm³/mol. The van der Waals surface area contributed by atoms with E-state index in [4.69, 9.17) is 9.84 Å². The van der Waals surface area contributed by atoms with E-state index in [1.54, 1.807) is 0 Å². The van der Waals surface area contributed by atoms with Crippen molar-refractivity contribution in [2.24, 2.45) is 5.92 Å². The molecule has 0 radical (unpaired) electrons. The fraction of sp³-hybridized carbons (Fsp3) is 0.833. The van der Waals surface area contributed by atoms with Crippen molar-refractivity contribution in [1.82, 2.24) is 10.6 Å². The van der Waals surface area contributed by atoms with Gasteiger partial charge in [-0.1, -0.05) is 6.42 Å². The molecule has 2 aliphatic rings. The lowest BCUT2D eigenvalue weighted by Gasteiger charge is -2.26. The van der Waals surface area contributed by atoms with Crippen molar-refractivity contribution >= 4 is 11.9 Å². The average molecular weight is 256 g/mol. The second kappa shape index (κ2) is 5.67. The van der Waals surface area contributed by atoms with Crippen molar-refractivity contribution in [2.45, 2.75) is 44.4 Å². The SMILES string of the molecule is C[C@H]1NC[C@H](C(=O)O)[C@H]1OC(=O)C1CCCCN1. The topological polar surface area (TPSA) is 87.7 Å². The second-order valence-electron chi connectivity index (χ2n) is 5.05. The summed E-state index contributed by atoms with van der Waals surface area (Å²) in [4.78, 5) is 23.0. The lowest BCUT2D eigenvalue weighted by Crippen LogP contribution is -2.45. The van der Waals surface area contributed by atoms with E-state index in [0.29, 0.717) is 6.54 Å². The van der Waals surface area contributed by atoms with Gasteiger partial charge in [-0.05, 0) is 26.3 Å². The van der Waals surface area contributed by atoms with Gasteiger partial charge >= 0.3 is 11.9 Å². The molecule has 2 fully saturated rings. The Morgan fingerprint density at radius 3 is 2.67 bits per heavy atom. The Kier molecular flexibility index (Phi) is 4.19. The maximum absolute atomic E-state index is 12.0. The minimum Gasteiger partial charge on any atom is -0.481 e. The number of carboxylic acid groups (broad SMARTS) is 1. The zero-order valence-corrected chi connectivity index (χ0v) is 10.5. The van der Waals surface area contributed by atoms with Crippen LogP contribution in [0.2, 0.25) is 0 Å². The number of hydrogen-bond donors (Lipinski definition) is 3. The molecule has 2 heterocycles. The summed E-state index contributed by atoms with van der Waals surface area (Å²) in [5.74, 6) is -1.88. The third kappa shape index (κ3) is 2.81. The van der Waals surface area contributed by atoms with Gasteiger partial charge in [0.2, 0.25) is 0 Å². The first-order chi connectivity index (χ1) is 8.59. The average Bonchev–Trinajstić information content (AvgIpc) is 2.72. The van der Waals surface area contributed by atoms with E-state index >= 15 is 0 Å². The van der Waals surface area contributed by atoms with Gasteiger partial charge < -0.3 is 20.5 Å². The van der Waals surface area contributed by atoms with Crippen LogP contribution >= 0.6 is 0 Å². The van der Waals surface area contributed by atoms with Crippen LogP contribution in [0.4, 0.5) is 0 Å². The van der Waals surface area contributed by atoms with E-state index in [-0.39, 0.29) is 18.1 Å². The maximum atomic E-state index is 12.0. The monoisotopic (exact) mass is 256 g/mol. The summed E-state index contributed by atoms with van der Waals surface area (Å²) < 4.78 is 5.39. The fourth-order valence-electron chi connectivity index (χ4n) is 2.57. The molecule has 0 aliphatic carbocycles. The number of carboxylic acids is 1. The number of rotatable bonds is 3. The first-order valence-electron chi connectivity index (χ1n) is 6.49. The van der Waals surface area contributed by atoms with Crippen molar-refractivity contribution in [3.8, 4) is 0 Å². The van der Waals surface area contributed by atoms with Gasteiger partial charge in [0.1, 0.15) is 18.1 Å². The van der Waals surface area contributed by atoms with Crippen molar-refractivity contribution in [2.75, 3.05) is 13.1 Å². The summed E-state index contributed by atoms with van der Waals surface area (Å²) in [5, 5.41) is 15.2. The summed E-state index contributed by atoms with van der Waals surface area (Å²) in [7, 11) is 0. The Labute approximate surface area is 106 Å². The van der Waals surface area contributed by atoms with Crippen LogP contribution in [0.5, 0.6) is 0 Å². The summed E-state index contributed by atoms with van der Waals surface area (Å²) >= 11 is 0. The molecule has 2 aliphatic heterocycles. The maximum Gasteiger partial charge on any atom is 0.323 e. The Morgan fingerprint density at radius 1 is 1.28 bits per heavy atom. The second-order valence-corrected chi connectivity index (χ2v) is 5.05. The van der Waals surface area contributed by atoms with Gasteiger partial charge in [0.25, 0.3) is 0 Å². The van der Waals surface area contributed by atoms with Gasteiger partial charge in [-0.3, -0.25) is 9.59 Å². The standard InChI is InChI=1S/C12H20N2O4/c1-7-10(8(6-14-7)11(15)16)18-12(17)9-4-2-3-5-13-9/h7-10,13-14H,2-6H2,1H3,(H,15,16)/t7-,8+,9?,10+/m1/s1. The molecule has 0 bridgehead atoms. The van der Waals surface area contributed by atoms with Gasteiger partial charge in [0, 0.05) is 12.6 Å². The summed E-state index contributed by atoms with van der Waals surface area (Å²) in [6.45, 7) is 3.02. The van der Waals surface area contributed by atoms with Crippen LogP contribution in [0.15, 0.2) is 0 Å². The van der Waals surface area contributed by atoms with E-state index < -0.39 is 18.0 Å². The van der Waals surface area contributed by atoms with Crippen molar-refractivity contribution < 1.29 is 19.4 Å². The van der Waals surface area contributed by atoms with E-state index in [1.165, 1.54) is 0 Å². The van der Waals surface area contributed by atoms with Crippen LogP contribution < -0.4 is 10.6 Å². The zero-order valence-electron chi connectivity index (χ0n) is 10.5. The van der Waals surface area contributed by atoms with Crippen LogP contribution in [0.3, 0.4) is 0 Å². The largest absolute Gasteiger partial charge is 0.481 e. The molecule has 6 heteroatoms. The first kappa shape index (κ1) is 13.3. The van der Waals surface area contributed by atoms with Crippen molar-refractivity contribution in [3.05, 3.63) is 0 Å². The normalized spacial score (nSPS) is 36.3. The Hall–Kier alpha value is -1.14. The molecule has 2 rings (SSSR count). The zero-order chi connectivity index (χ0) is 13.1. The Morgan fingerprint density at radius 2 is 2.06 bits per heavy atom. The molecular formula is C12H20N2O4. The highest BCUT2D eigenvalue weighted by Crippen LogP contribution is 2.20. The number of hydrogen-bond acceptors (Lipinski definition) is 5. The number of esters is 1. The van der Waals surface area contributed by atoms with Crippen molar-refractivity contribution in [1.29, 1.82) is 0 Å². The smallest absolute Gasteiger partial charge is 0.323 e. The molecule has 18 heavy (non-hydrogen) atoms. The quantitative estimate of drug-likeness (QED) is 0.603. The number of aliphatic carboxylic acids is 1. The lowest BCUT2D eigenvalue weighted by molar-refractivity contribution is -0.159. The fourth-order valence-corrected chi connectivity index (χ4v) is 2.57. The van der Waals surface area contributed by atoms with Gasteiger partial charge in [0.15, 0.2) is 0 Å². The van der Waals surface area contributed by atoms with Gasteiger partial charge in [-0.15, -0.1) is 0 Å². The molecule has 0 aromatic heterocycles. The third-order valence-electron chi connectivity index (χ3n) is 3.71. The number of carbonyl (C=O) groups excluding carboxylic acids is 1. The Balaban J connectivity index is 1.94. The van der Waals surface area contributed by atoms with Gasteiger partial charge in [0.05, 0.1) is 0 Å². The third-order valence-corrected chi connectivity index (χ3v) is 3.71.